The average Bonchev–Trinajstić information content (AvgIpc) is 2.76. The van der Waals surface area contributed by atoms with Crippen molar-refractivity contribution in [2.75, 3.05) is 0 Å². The molecule has 7 heteroatoms. The number of hydrogen-bond donors (Lipinski definition) is 4. The zero-order valence-electron chi connectivity index (χ0n) is 11.9. The van der Waals surface area contributed by atoms with Crippen molar-refractivity contribution in [1.29, 1.82) is 0 Å². The van der Waals surface area contributed by atoms with Crippen LogP contribution in [-0.2, 0) is 9.59 Å². The largest absolute Gasteiger partial charge is 0.480 e. The van der Waals surface area contributed by atoms with Gasteiger partial charge in [-0.25, -0.2) is 9.59 Å². The van der Waals surface area contributed by atoms with E-state index in [2.05, 4.69) is 10.6 Å². The van der Waals surface area contributed by atoms with Crippen LogP contribution in [0.5, 0.6) is 0 Å². The second kappa shape index (κ2) is 6.58. The number of primary amides is 1. The molecule has 20 heavy (non-hydrogen) atoms. The van der Waals surface area contributed by atoms with Gasteiger partial charge in [0.15, 0.2) is 0 Å². The van der Waals surface area contributed by atoms with E-state index in [1.54, 1.807) is 0 Å². The Morgan fingerprint density at radius 3 is 2.20 bits per heavy atom. The molecule has 5 N–H and O–H groups in total. The quantitative estimate of drug-likeness (QED) is 0.570. The highest BCUT2D eigenvalue weighted by Gasteiger charge is 2.43. The van der Waals surface area contributed by atoms with Gasteiger partial charge in [-0.05, 0) is 25.2 Å². The van der Waals surface area contributed by atoms with E-state index in [4.69, 9.17) is 5.73 Å². The van der Waals surface area contributed by atoms with Gasteiger partial charge in [-0.3, -0.25) is 4.79 Å². The Morgan fingerprint density at radius 2 is 1.80 bits per heavy atom. The molecule has 0 heterocycles. The van der Waals surface area contributed by atoms with Crippen molar-refractivity contribution in [3.05, 3.63) is 0 Å². The summed E-state index contributed by atoms with van der Waals surface area (Å²) in [6, 6.07) is -1.59. The molecule has 1 saturated carbocycles. The summed E-state index contributed by atoms with van der Waals surface area (Å²) in [6.45, 7) is 3.82. The van der Waals surface area contributed by atoms with E-state index in [1.165, 1.54) is 0 Å². The molecule has 1 atom stereocenters. The summed E-state index contributed by atoms with van der Waals surface area (Å²) in [5.41, 5.74) is 3.86. The summed E-state index contributed by atoms with van der Waals surface area (Å²) in [4.78, 5) is 34.6. The minimum absolute atomic E-state index is 0.168. The third-order valence-corrected chi connectivity index (χ3v) is 3.57. The molecule has 0 radical (unpaired) electrons. The lowest BCUT2D eigenvalue weighted by Gasteiger charge is -2.28. The number of urea groups is 1. The number of rotatable bonds is 6. The highest BCUT2D eigenvalue weighted by Crippen LogP contribution is 2.30. The first kappa shape index (κ1) is 16.3. The Bertz CT molecular complexity index is 389. The number of amides is 3. The number of carbonyl (C=O) groups is 3. The summed E-state index contributed by atoms with van der Waals surface area (Å²) < 4.78 is 0. The molecule has 0 bridgehead atoms. The lowest BCUT2D eigenvalue weighted by Crippen LogP contribution is -2.58. The first-order valence-electron chi connectivity index (χ1n) is 6.88. The fraction of sp³-hybridized carbons (Fsp3) is 0.769. The van der Waals surface area contributed by atoms with E-state index in [1.807, 2.05) is 13.8 Å². The van der Waals surface area contributed by atoms with Crippen LogP contribution in [0.2, 0.25) is 0 Å². The number of nitrogens with two attached hydrogens (primary N) is 1. The molecule has 1 aliphatic rings. The molecule has 1 unspecified atom stereocenters. The Balaban J connectivity index is 2.78. The van der Waals surface area contributed by atoms with E-state index in [0.717, 1.165) is 12.8 Å². The topological polar surface area (TPSA) is 122 Å². The molecule has 0 aromatic heterocycles. The molecule has 0 aromatic rings. The Hall–Kier alpha value is -1.79. The van der Waals surface area contributed by atoms with Crippen molar-refractivity contribution in [3.8, 4) is 0 Å². The predicted molar refractivity (Wildman–Crippen MR) is 72.9 cm³/mol. The standard InChI is InChI=1S/C13H23N3O4/c1-8(2)7-9(15-12(14)20)10(17)16-13(11(18)19)5-3-4-6-13/h8-9H,3-7H2,1-2H3,(H,16,17)(H,18,19)(H3,14,15,20). The number of hydrogen-bond acceptors (Lipinski definition) is 3. The number of aliphatic carboxylic acids is 1. The second-order valence-electron chi connectivity index (χ2n) is 5.77. The summed E-state index contributed by atoms with van der Waals surface area (Å²) in [5.74, 6) is -1.34. The molecular weight excluding hydrogens is 262 g/mol. The molecule has 0 saturated heterocycles. The highest BCUT2D eigenvalue weighted by atomic mass is 16.4. The monoisotopic (exact) mass is 285 g/mol. The van der Waals surface area contributed by atoms with Gasteiger partial charge in [0.1, 0.15) is 11.6 Å². The smallest absolute Gasteiger partial charge is 0.329 e. The van der Waals surface area contributed by atoms with Gasteiger partial charge in [0.2, 0.25) is 5.91 Å². The van der Waals surface area contributed by atoms with Crippen LogP contribution in [0.3, 0.4) is 0 Å². The van der Waals surface area contributed by atoms with Gasteiger partial charge in [-0.1, -0.05) is 26.7 Å². The molecule has 1 aliphatic carbocycles. The van der Waals surface area contributed by atoms with Crippen LogP contribution >= 0.6 is 0 Å². The maximum absolute atomic E-state index is 12.2. The van der Waals surface area contributed by atoms with Crippen LogP contribution in [0.25, 0.3) is 0 Å². The van der Waals surface area contributed by atoms with Gasteiger partial charge in [0.25, 0.3) is 0 Å². The van der Waals surface area contributed by atoms with Crippen molar-refractivity contribution in [2.24, 2.45) is 11.7 Å². The van der Waals surface area contributed by atoms with Crippen molar-refractivity contribution in [3.63, 3.8) is 0 Å². The predicted octanol–water partition coefficient (Wildman–Crippen LogP) is 0.583. The second-order valence-corrected chi connectivity index (χ2v) is 5.77. The van der Waals surface area contributed by atoms with Crippen molar-refractivity contribution in [2.45, 2.75) is 57.5 Å². The van der Waals surface area contributed by atoms with Gasteiger partial charge in [-0.2, -0.15) is 0 Å². The zero-order valence-corrected chi connectivity index (χ0v) is 11.9. The maximum atomic E-state index is 12.2. The molecule has 0 aliphatic heterocycles. The number of nitrogens with one attached hydrogen (secondary N) is 2. The average molecular weight is 285 g/mol. The summed E-state index contributed by atoms with van der Waals surface area (Å²) >= 11 is 0. The Kier molecular flexibility index (Phi) is 5.35. The van der Waals surface area contributed by atoms with E-state index < -0.39 is 29.5 Å². The lowest BCUT2D eigenvalue weighted by molar-refractivity contribution is -0.147. The normalized spacial score (nSPS) is 18.6. The third kappa shape index (κ3) is 4.11. The van der Waals surface area contributed by atoms with Crippen LogP contribution in [0.15, 0.2) is 0 Å². The minimum Gasteiger partial charge on any atom is -0.480 e. The van der Waals surface area contributed by atoms with Crippen LogP contribution in [0.1, 0.15) is 46.0 Å². The van der Waals surface area contributed by atoms with Crippen LogP contribution in [-0.4, -0.2) is 34.6 Å². The molecule has 0 spiro atoms. The van der Waals surface area contributed by atoms with Crippen LogP contribution < -0.4 is 16.4 Å². The Morgan fingerprint density at radius 1 is 1.25 bits per heavy atom. The molecule has 3 amide bonds. The van der Waals surface area contributed by atoms with E-state index in [-0.39, 0.29) is 5.92 Å². The SMILES string of the molecule is CC(C)CC(NC(N)=O)C(=O)NC1(C(=O)O)CCCC1. The third-order valence-electron chi connectivity index (χ3n) is 3.57. The first-order valence-corrected chi connectivity index (χ1v) is 6.88. The van der Waals surface area contributed by atoms with E-state index in [0.29, 0.717) is 19.3 Å². The fourth-order valence-corrected chi connectivity index (χ4v) is 2.57. The summed E-state index contributed by atoms with van der Waals surface area (Å²) in [6.07, 6.45) is 2.78. The lowest BCUT2D eigenvalue weighted by atomic mass is 9.96. The summed E-state index contributed by atoms with van der Waals surface area (Å²) in [5, 5.41) is 14.3. The van der Waals surface area contributed by atoms with Gasteiger partial charge in [0.05, 0.1) is 0 Å². The zero-order chi connectivity index (χ0) is 15.3. The highest BCUT2D eigenvalue weighted by molar-refractivity contribution is 5.91. The number of carboxylic acid groups (broad SMARTS) is 1. The molecule has 7 nitrogen and oxygen atoms in total. The number of carboxylic acids is 1. The minimum atomic E-state index is -1.20. The van der Waals surface area contributed by atoms with Gasteiger partial charge >= 0.3 is 12.0 Å². The fourth-order valence-electron chi connectivity index (χ4n) is 2.57. The molecule has 0 aromatic carbocycles. The van der Waals surface area contributed by atoms with Crippen molar-refractivity contribution >= 4 is 17.9 Å². The van der Waals surface area contributed by atoms with Gasteiger partial charge in [-0.15, -0.1) is 0 Å². The van der Waals surface area contributed by atoms with Crippen molar-refractivity contribution < 1.29 is 19.5 Å². The van der Waals surface area contributed by atoms with E-state index >= 15 is 0 Å². The summed E-state index contributed by atoms with van der Waals surface area (Å²) in [7, 11) is 0. The van der Waals surface area contributed by atoms with Gasteiger partial charge < -0.3 is 21.5 Å². The van der Waals surface area contributed by atoms with Gasteiger partial charge in [0, 0.05) is 0 Å². The van der Waals surface area contributed by atoms with Crippen LogP contribution in [0.4, 0.5) is 4.79 Å². The molecular formula is C13H23N3O4. The Labute approximate surface area is 118 Å². The maximum Gasteiger partial charge on any atom is 0.329 e. The molecule has 1 fully saturated rings. The number of carbonyl (C=O) groups excluding carboxylic acids is 2. The molecule has 1 rings (SSSR count). The van der Waals surface area contributed by atoms with E-state index in [9.17, 15) is 19.5 Å². The molecule has 114 valence electrons. The first-order chi connectivity index (χ1) is 9.27. The van der Waals surface area contributed by atoms with Crippen molar-refractivity contribution in [1.82, 2.24) is 10.6 Å². The van der Waals surface area contributed by atoms with Crippen LogP contribution in [0, 0.1) is 5.92 Å².